The second-order valence-electron chi connectivity index (χ2n) is 5.45. The highest BCUT2D eigenvalue weighted by Crippen LogP contribution is 2.50. The van der Waals surface area contributed by atoms with Gasteiger partial charge in [-0.25, -0.2) is 0 Å². The second-order valence-corrected chi connectivity index (χ2v) is 6.31. The molecule has 1 saturated carbocycles. The van der Waals surface area contributed by atoms with Crippen LogP contribution in [0.25, 0.3) is 0 Å². The fourth-order valence-electron chi connectivity index (χ4n) is 2.29. The lowest BCUT2D eigenvalue weighted by molar-refractivity contribution is -0.138. The quantitative estimate of drug-likeness (QED) is 0.843. The number of hydrogen-bond donors (Lipinski definition) is 0. The number of hydrogen-bond acceptors (Lipinski definition) is 2. The predicted octanol–water partition coefficient (Wildman–Crippen LogP) is 2.10. The van der Waals surface area contributed by atoms with Crippen LogP contribution >= 0.6 is 15.9 Å². The first-order valence-corrected chi connectivity index (χ1v) is 7.40. The minimum atomic E-state index is -0.0565. The van der Waals surface area contributed by atoms with E-state index >= 15 is 0 Å². The van der Waals surface area contributed by atoms with Gasteiger partial charge in [-0.15, -0.1) is 0 Å². The molecule has 0 saturated heterocycles. The average Bonchev–Trinajstić information content (AvgIpc) is 3.18. The van der Waals surface area contributed by atoms with Gasteiger partial charge in [0.2, 0.25) is 11.8 Å². The summed E-state index contributed by atoms with van der Waals surface area (Å²) in [6, 6.07) is 8.00. The summed E-state index contributed by atoms with van der Waals surface area (Å²) in [4.78, 5) is 27.0. The Hall–Kier alpha value is -1.36. The van der Waals surface area contributed by atoms with E-state index in [0.717, 1.165) is 10.9 Å². The van der Waals surface area contributed by atoms with E-state index < -0.39 is 0 Å². The first-order valence-electron chi connectivity index (χ1n) is 6.61. The lowest BCUT2D eigenvalue weighted by atomic mass is 10.1. The molecule has 4 nitrogen and oxygen atoms in total. The van der Waals surface area contributed by atoms with E-state index in [-0.39, 0.29) is 30.2 Å². The maximum atomic E-state index is 12.3. The van der Waals surface area contributed by atoms with Crippen LogP contribution in [0.2, 0.25) is 0 Å². The molecule has 0 aliphatic heterocycles. The molecule has 1 aliphatic carbocycles. The summed E-state index contributed by atoms with van der Waals surface area (Å²) in [6.07, 6.45) is 0.863. The molecule has 108 valence electrons. The van der Waals surface area contributed by atoms with Crippen LogP contribution < -0.4 is 0 Å². The van der Waals surface area contributed by atoms with E-state index in [1.54, 1.807) is 21.1 Å². The third-order valence-electron chi connectivity index (χ3n) is 3.66. The molecule has 1 fully saturated rings. The van der Waals surface area contributed by atoms with E-state index in [9.17, 15) is 9.59 Å². The van der Waals surface area contributed by atoms with E-state index in [2.05, 4.69) is 15.9 Å². The van der Waals surface area contributed by atoms with Crippen molar-refractivity contribution in [1.82, 2.24) is 9.80 Å². The third kappa shape index (κ3) is 3.20. The summed E-state index contributed by atoms with van der Waals surface area (Å²) in [6.45, 7) is 0.144. The number of likely N-dealkylation sites (N-methyl/N-ethyl adjacent to an activating group) is 2. The van der Waals surface area contributed by atoms with Gasteiger partial charge in [-0.1, -0.05) is 34.1 Å². The molecule has 1 aromatic carbocycles. The van der Waals surface area contributed by atoms with Crippen LogP contribution in [0.5, 0.6) is 0 Å². The zero-order valence-electron chi connectivity index (χ0n) is 12.0. The fourth-order valence-corrected chi connectivity index (χ4v) is 2.87. The predicted molar refractivity (Wildman–Crippen MR) is 81.3 cm³/mol. The summed E-state index contributed by atoms with van der Waals surface area (Å²) in [5, 5.41) is 0. The Bertz CT molecular complexity index is 530. The second kappa shape index (κ2) is 5.95. The van der Waals surface area contributed by atoms with Gasteiger partial charge in [-0.2, -0.15) is 0 Å². The highest BCUT2D eigenvalue weighted by Gasteiger charge is 2.46. The van der Waals surface area contributed by atoms with Crippen molar-refractivity contribution >= 4 is 27.7 Å². The van der Waals surface area contributed by atoms with Gasteiger partial charge >= 0.3 is 0 Å². The highest BCUT2D eigenvalue weighted by molar-refractivity contribution is 9.10. The Morgan fingerprint density at radius 2 is 1.90 bits per heavy atom. The molecule has 0 radical (unpaired) electrons. The number of halogens is 1. The van der Waals surface area contributed by atoms with Crippen molar-refractivity contribution in [1.29, 1.82) is 0 Å². The highest BCUT2D eigenvalue weighted by atomic mass is 79.9. The molecule has 2 atom stereocenters. The molecule has 0 N–H and O–H groups in total. The third-order valence-corrected chi connectivity index (χ3v) is 4.38. The Morgan fingerprint density at radius 3 is 2.50 bits per heavy atom. The van der Waals surface area contributed by atoms with E-state index in [4.69, 9.17) is 0 Å². The summed E-state index contributed by atoms with van der Waals surface area (Å²) in [7, 11) is 5.09. The summed E-state index contributed by atoms with van der Waals surface area (Å²) < 4.78 is 1.05. The van der Waals surface area contributed by atoms with Crippen molar-refractivity contribution in [2.24, 2.45) is 5.92 Å². The zero-order valence-corrected chi connectivity index (χ0v) is 13.6. The minimum Gasteiger partial charge on any atom is -0.347 e. The fraction of sp³-hybridized carbons (Fsp3) is 0.467. The Labute approximate surface area is 127 Å². The molecule has 0 heterocycles. The molecule has 0 bridgehead atoms. The van der Waals surface area contributed by atoms with Crippen LogP contribution in [0.1, 0.15) is 17.9 Å². The van der Waals surface area contributed by atoms with Crippen LogP contribution in [0.3, 0.4) is 0 Å². The smallest absolute Gasteiger partial charge is 0.241 e. The SMILES string of the molecule is CN(C)C(=O)CN(C)C(=O)C1CC1c1ccccc1Br. The van der Waals surface area contributed by atoms with Gasteiger partial charge in [-0.05, 0) is 24.0 Å². The standard InChI is InChI=1S/C15H19BrN2O2/c1-17(2)14(19)9-18(3)15(20)12-8-11(12)10-6-4-5-7-13(10)16/h4-7,11-12H,8-9H2,1-3H3. The Balaban J connectivity index is 1.96. The normalized spacial score (nSPS) is 20.4. The largest absolute Gasteiger partial charge is 0.347 e. The van der Waals surface area contributed by atoms with Crippen molar-refractivity contribution in [2.75, 3.05) is 27.7 Å². The van der Waals surface area contributed by atoms with E-state index in [0.29, 0.717) is 0 Å². The van der Waals surface area contributed by atoms with Crippen LogP contribution in [0.15, 0.2) is 28.7 Å². The van der Waals surface area contributed by atoms with Crippen molar-refractivity contribution < 1.29 is 9.59 Å². The van der Waals surface area contributed by atoms with Gasteiger partial charge in [-0.3, -0.25) is 9.59 Å². The molecular formula is C15H19BrN2O2. The van der Waals surface area contributed by atoms with Gasteiger partial charge in [0, 0.05) is 31.5 Å². The zero-order chi connectivity index (χ0) is 14.9. The first kappa shape index (κ1) is 15.0. The number of rotatable bonds is 4. The molecule has 2 amide bonds. The topological polar surface area (TPSA) is 40.6 Å². The molecule has 1 aromatic rings. The molecule has 0 aromatic heterocycles. The first-order chi connectivity index (χ1) is 9.41. The van der Waals surface area contributed by atoms with Crippen molar-refractivity contribution in [3.8, 4) is 0 Å². The van der Waals surface area contributed by atoms with Crippen molar-refractivity contribution in [2.45, 2.75) is 12.3 Å². The number of carbonyl (C=O) groups is 2. The molecule has 2 unspecified atom stereocenters. The summed E-state index contributed by atoms with van der Waals surface area (Å²) in [5.41, 5.74) is 1.18. The van der Waals surface area contributed by atoms with Crippen LogP contribution in [-0.2, 0) is 9.59 Å². The molecule has 20 heavy (non-hydrogen) atoms. The van der Waals surface area contributed by atoms with E-state index in [1.807, 2.05) is 24.3 Å². The van der Waals surface area contributed by atoms with Crippen LogP contribution in [0, 0.1) is 5.92 Å². The van der Waals surface area contributed by atoms with Gasteiger partial charge < -0.3 is 9.80 Å². The van der Waals surface area contributed by atoms with Crippen LogP contribution in [-0.4, -0.2) is 49.3 Å². The summed E-state index contributed by atoms with van der Waals surface area (Å²) >= 11 is 3.52. The van der Waals surface area contributed by atoms with Gasteiger partial charge in [0.05, 0.1) is 6.54 Å². The average molecular weight is 339 g/mol. The van der Waals surface area contributed by atoms with Gasteiger partial charge in [0.15, 0.2) is 0 Å². The van der Waals surface area contributed by atoms with Crippen LogP contribution in [0.4, 0.5) is 0 Å². The maximum Gasteiger partial charge on any atom is 0.241 e. The Morgan fingerprint density at radius 1 is 1.25 bits per heavy atom. The molecule has 2 rings (SSSR count). The molecule has 0 spiro atoms. The van der Waals surface area contributed by atoms with Gasteiger partial charge in [0.1, 0.15) is 0 Å². The monoisotopic (exact) mass is 338 g/mol. The minimum absolute atomic E-state index is 0.00802. The lowest BCUT2D eigenvalue weighted by Crippen LogP contribution is -2.38. The molecule has 5 heteroatoms. The number of amides is 2. The maximum absolute atomic E-state index is 12.3. The number of nitrogens with zero attached hydrogens (tertiary/aromatic N) is 2. The lowest BCUT2D eigenvalue weighted by Gasteiger charge is -2.19. The van der Waals surface area contributed by atoms with Gasteiger partial charge in [0.25, 0.3) is 0 Å². The molecule has 1 aliphatic rings. The van der Waals surface area contributed by atoms with Crippen molar-refractivity contribution in [3.05, 3.63) is 34.3 Å². The van der Waals surface area contributed by atoms with E-state index in [1.165, 1.54) is 15.4 Å². The number of carbonyl (C=O) groups excluding carboxylic acids is 2. The number of benzene rings is 1. The molecular weight excluding hydrogens is 320 g/mol. The summed E-state index contributed by atoms with van der Waals surface area (Å²) in [5.74, 6) is 0.281. The van der Waals surface area contributed by atoms with Crippen molar-refractivity contribution in [3.63, 3.8) is 0 Å². The Kier molecular flexibility index (Phi) is 4.48.